The molecule has 3 aliphatic rings. The third kappa shape index (κ3) is 4.07. The van der Waals surface area contributed by atoms with Crippen molar-refractivity contribution in [2.45, 2.75) is 19.0 Å². The van der Waals surface area contributed by atoms with Gasteiger partial charge in [-0.15, -0.1) is 0 Å². The van der Waals surface area contributed by atoms with Gasteiger partial charge in [0.1, 0.15) is 6.17 Å². The third-order valence-electron chi connectivity index (χ3n) is 10.2. The lowest BCUT2D eigenvalue weighted by Crippen LogP contribution is -2.37. The molecule has 0 saturated carbocycles. The van der Waals surface area contributed by atoms with Gasteiger partial charge in [0.05, 0.1) is 17.1 Å². The predicted octanol–water partition coefficient (Wildman–Crippen LogP) is 11.5. The number of hydrogen-bond acceptors (Lipinski definition) is 2. The van der Waals surface area contributed by atoms with Crippen molar-refractivity contribution >= 4 is 40.0 Å². The summed E-state index contributed by atoms with van der Waals surface area (Å²) in [5, 5.41) is 6.38. The van der Waals surface area contributed by atoms with Crippen LogP contribution in [-0.2, 0) is 6.42 Å². The average molecular weight is 616 g/mol. The molecule has 0 fully saturated rings. The highest BCUT2D eigenvalue weighted by atomic mass is 15.3. The summed E-state index contributed by atoms with van der Waals surface area (Å²) >= 11 is 0. The van der Waals surface area contributed by atoms with Crippen LogP contribution >= 0.6 is 0 Å². The van der Waals surface area contributed by atoms with E-state index in [0.29, 0.717) is 0 Å². The molecule has 3 heterocycles. The largest absolute Gasteiger partial charge is 0.361 e. The van der Waals surface area contributed by atoms with Crippen molar-refractivity contribution in [3.8, 4) is 39.2 Å². The molecule has 0 bridgehead atoms. The average Bonchev–Trinajstić information content (AvgIpc) is 3.44. The summed E-state index contributed by atoms with van der Waals surface area (Å²) in [7, 11) is 0. The molecule has 0 amide bonds. The van der Waals surface area contributed by atoms with Crippen LogP contribution in [0, 0.1) is 0 Å². The van der Waals surface area contributed by atoms with Gasteiger partial charge in [-0.3, -0.25) is 0 Å². The van der Waals surface area contributed by atoms with E-state index in [0.717, 1.165) is 18.5 Å². The van der Waals surface area contributed by atoms with E-state index >= 15 is 0 Å². The number of para-hydroxylation sites is 3. The fraction of sp³-hybridized carbons (Fsp3) is 0.0667. The monoisotopic (exact) mass is 615 g/mol. The van der Waals surface area contributed by atoms with Gasteiger partial charge in [-0.05, 0) is 88.4 Å². The van der Waals surface area contributed by atoms with Crippen LogP contribution in [0.1, 0.15) is 23.2 Å². The zero-order valence-corrected chi connectivity index (χ0v) is 26.5. The van der Waals surface area contributed by atoms with Crippen LogP contribution in [0.15, 0.2) is 152 Å². The summed E-state index contributed by atoms with van der Waals surface area (Å²) < 4.78 is 2.55. The van der Waals surface area contributed by atoms with Gasteiger partial charge in [0, 0.05) is 33.8 Å². The minimum atomic E-state index is -0.0549. The maximum absolute atomic E-state index is 3.87. The van der Waals surface area contributed by atoms with E-state index in [2.05, 4.69) is 179 Å². The lowest BCUT2D eigenvalue weighted by atomic mass is 9.92. The van der Waals surface area contributed by atoms with Crippen LogP contribution in [0.2, 0.25) is 0 Å². The van der Waals surface area contributed by atoms with Crippen molar-refractivity contribution in [1.82, 2.24) is 4.57 Å². The predicted molar refractivity (Wildman–Crippen MR) is 202 cm³/mol. The molecule has 7 aromatic rings. The molecule has 3 heteroatoms. The highest BCUT2D eigenvalue weighted by Crippen LogP contribution is 2.53. The third-order valence-corrected chi connectivity index (χ3v) is 10.2. The minimum absolute atomic E-state index is 0.0549. The Bertz CT molecular complexity index is 2450. The van der Waals surface area contributed by atoms with Crippen molar-refractivity contribution in [3.05, 3.63) is 168 Å². The number of hydrogen-bond donors (Lipinski definition) is 1. The van der Waals surface area contributed by atoms with Crippen LogP contribution in [0.3, 0.4) is 0 Å². The summed E-state index contributed by atoms with van der Waals surface area (Å²) in [6.45, 7) is 0. The second-order valence-corrected chi connectivity index (χ2v) is 12.9. The maximum atomic E-state index is 3.87. The number of rotatable bonds is 3. The van der Waals surface area contributed by atoms with Gasteiger partial charge in [0.15, 0.2) is 0 Å². The minimum Gasteiger partial charge on any atom is -0.361 e. The topological polar surface area (TPSA) is 20.2 Å². The Labute approximate surface area is 280 Å². The Morgan fingerprint density at radius 1 is 0.625 bits per heavy atom. The molecule has 10 rings (SSSR count). The molecule has 1 unspecified atom stereocenters. The first-order valence-corrected chi connectivity index (χ1v) is 16.9. The quantitative estimate of drug-likeness (QED) is 0.213. The number of nitrogens with zero attached hydrogens (tertiary/aromatic N) is 2. The van der Waals surface area contributed by atoms with Crippen LogP contribution in [0.4, 0.5) is 17.1 Å². The number of benzene rings is 6. The first-order valence-electron chi connectivity index (χ1n) is 16.9. The summed E-state index contributed by atoms with van der Waals surface area (Å²) in [5.74, 6) is 0. The molecule has 0 radical (unpaired) electrons. The first kappa shape index (κ1) is 27.1. The zero-order valence-electron chi connectivity index (χ0n) is 26.5. The summed E-state index contributed by atoms with van der Waals surface area (Å²) in [6.07, 6.45) is 11.2. The Kier molecular flexibility index (Phi) is 6.07. The van der Waals surface area contributed by atoms with E-state index in [-0.39, 0.29) is 6.17 Å². The van der Waals surface area contributed by atoms with Gasteiger partial charge >= 0.3 is 0 Å². The molecule has 1 aliphatic carbocycles. The van der Waals surface area contributed by atoms with E-state index < -0.39 is 0 Å². The summed E-state index contributed by atoms with van der Waals surface area (Å²) in [5.41, 5.74) is 16.2. The highest BCUT2D eigenvalue weighted by Gasteiger charge is 2.35. The number of nitrogens with one attached hydrogen (secondary N) is 1. The molecule has 48 heavy (non-hydrogen) atoms. The number of allylic oxidation sites excluding steroid dienone is 1. The number of fused-ring (bicyclic) bond motifs is 9. The molecule has 0 saturated heterocycles. The first-order chi connectivity index (χ1) is 23.8. The summed E-state index contributed by atoms with van der Waals surface area (Å²) in [4.78, 5) is 2.50. The van der Waals surface area contributed by atoms with Gasteiger partial charge in [-0.2, -0.15) is 0 Å². The van der Waals surface area contributed by atoms with Gasteiger partial charge in [0.25, 0.3) is 0 Å². The van der Waals surface area contributed by atoms with Crippen molar-refractivity contribution in [3.63, 3.8) is 0 Å². The molecule has 0 spiro atoms. The van der Waals surface area contributed by atoms with E-state index in [1.807, 2.05) is 0 Å². The fourth-order valence-corrected chi connectivity index (χ4v) is 8.12. The Morgan fingerprint density at radius 2 is 1.35 bits per heavy atom. The standard InChI is InChI=1S/C45H33N3/c1-2-14-30(15-3-1)38-29-33(28-32-17-4-6-18-34(32)38)47-40-23-11-7-19-35(40)44-36-20-8-12-24-41(36)48(42-25-13-9-21-37(42)45(44)47)43-27-26-31-16-5-10-22-39(31)46-43/h1-6,8-18,20-29,43,46H,7,19H2. The van der Waals surface area contributed by atoms with E-state index in [1.165, 1.54) is 78.2 Å². The van der Waals surface area contributed by atoms with Crippen molar-refractivity contribution < 1.29 is 0 Å². The lowest BCUT2D eigenvalue weighted by molar-refractivity contribution is 0.877. The molecule has 1 atom stereocenters. The molecule has 6 aromatic carbocycles. The smallest absolute Gasteiger partial charge is 0.123 e. The zero-order chi connectivity index (χ0) is 31.6. The molecule has 228 valence electrons. The lowest BCUT2D eigenvalue weighted by Gasteiger charge is -2.36. The van der Waals surface area contributed by atoms with Crippen LogP contribution < -0.4 is 10.2 Å². The van der Waals surface area contributed by atoms with E-state index in [4.69, 9.17) is 0 Å². The second kappa shape index (κ2) is 10.8. The van der Waals surface area contributed by atoms with Crippen molar-refractivity contribution in [2.24, 2.45) is 0 Å². The van der Waals surface area contributed by atoms with Crippen molar-refractivity contribution in [2.75, 3.05) is 10.2 Å². The van der Waals surface area contributed by atoms with Gasteiger partial charge in [-0.1, -0.05) is 121 Å². The Hall–Kier alpha value is -6.06. The molecular weight excluding hydrogens is 583 g/mol. The maximum Gasteiger partial charge on any atom is 0.123 e. The molecule has 1 N–H and O–H groups in total. The van der Waals surface area contributed by atoms with E-state index in [9.17, 15) is 0 Å². The highest BCUT2D eigenvalue weighted by molar-refractivity contribution is 6.04. The Balaban J connectivity index is 1.28. The van der Waals surface area contributed by atoms with Gasteiger partial charge in [-0.25, -0.2) is 0 Å². The molecule has 1 aromatic heterocycles. The van der Waals surface area contributed by atoms with Crippen LogP contribution in [-0.4, -0.2) is 10.7 Å². The summed E-state index contributed by atoms with van der Waals surface area (Å²) in [6, 6.07) is 50.9. The second-order valence-electron chi connectivity index (χ2n) is 12.9. The number of aromatic nitrogens is 1. The normalized spacial score (nSPS) is 15.5. The van der Waals surface area contributed by atoms with Crippen molar-refractivity contribution in [1.29, 1.82) is 0 Å². The molecule has 3 nitrogen and oxygen atoms in total. The SMILES string of the molecule is C1=Cc2c(c3c(n2-c2cc(-c4ccccc4)c4ccccc4c2)-c2ccccc2N(C2C=Cc4ccccc4N2)c2ccccc2-3)CC1. The van der Waals surface area contributed by atoms with E-state index in [1.54, 1.807) is 0 Å². The number of anilines is 3. The van der Waals surface area contributed by atoms with Gasteiger partial charge in [0.2, 0.25) is 0 Å². The molecule has 2 aliphatic heterocycles. The van der Waals surface area contributed by atoms with Gasteiger partial charge < -0.3 is 14.8 Å². The van der Waals surface area contributed by atoms with Crippen LogP contribution in [0.5, 0.6) is 0 Å². The van der Waals surface area contributed by atoms with Crippen LogP contribution in [0.25, 0.3) is 62.1 Å². The Morgan fingerprint density at radius 3 is 2.25 bits per heavy atom. The molecular formula is C45H33N3. The fourth-order valence-electron chi connectivity index (χ4n) is 8.12.